The van der Waals surface area contributed by atoms with Gasteiger partial charge in [-0.3, -0.25) is 9.59 Å². The van der Waals surface area contributed by atoms with Gasteiger partial charge in [-0.1, -0.05) is 24.3 Å². The number of carbonyl (C=O) groups is 2. The van der Waals surface area contributed by atoms with E-state index in [9.17, 15) is 9.59 Å². The molecule has 1 heterocycles. The molecule has 30 heavy (non-hydrogen) atoms. The molecule has 1 aliphatic rings. The number of hydrogen-bond donors (Lipinski definition) is 1. The molecule has 0 spiro atoms. The number of rotatable bonds is 6. The second-order valence-electron chi connectivity index (χ2n) is 7.09. The van der Waals surface area contributed by atoms with E-state index in [0.717, 1.165) is 18.7 Å². The zero-order valence-corrected chi connectivity index (χ0v) is 17.6. The SMILES string of the molecule is COc1ccc(/C=C(/NC(=O)c2ccccc2)C(=O)N2CCN(C)CC2)cc1OC. The number of carbonyl (C=O) groups excluding carboxylic acids is 2. The number of benzene rings is 2. The Morgan fingerprint density at radius 3 is 2.23 bits per heavy atom. The Morgan fingerprint density at radius 1 is 0.933 bits per heavy atom. The first kappa shape index (κ1) is 21.4. The van der Waals surface area contributed by atoms with E-state index < -0.39 is 0 Å². The van der Waals surface area contributed by atoms with Gasteiger partial charge >= 0.3 is 0 Å². The van der Waals surface area contributed by atoms with Gasteiger partial charge in [0.05, 0.1) is 14.2 Å². The Bertz CT molecular complexity index is 919. The largest absolute Gasteiger partial charge is 0.493 e. The first-order valence-electron chi connectivity index (χ1n) is 9.79. The van der Waals surface area contributed by atoms with Crippen molar-refractivity contribution in [3.8, 4) is 11.5 Å². The summed E-state index contributed by atoms with van der Waals surface area (Å²) in [6, 6.07) is 14.2. The van der Waals surface area contributed by atoms with Gasteiger partial charge in [0, 0.05) is 31.7 Å². The summed E-state index contributed by atoms with van der Waals surface area (Å²) in [5, 5.41) is 2.80. The number of amides is 2. The molecular formula is C23H27N3O4. The lowest BCUT2D eigenvalue weighted by molar-refractivity contribution is -0.128. The molecule has 1 aliphatic heterocycles. The standard InChI is InChI=1S/C23H27N3O4/c1-25-11-13-26(14-12-25)23(28)19(24-22(27)18-7-5-4-6-8-18)15-17-9-10-20(29-2)21(16-17)30-3/h4-10,15-16H,11-14H2,1-3H3,(H,24,27)/b19-15+. The molecule has 2 aromatic carbocycles. The van der Waals surface area contributed by atoms with E-state index in [2.05, 4.69) is 10.2 Å². The van der Waals surface area contributed by atoms with Crippen LogP contribution in [0.4, 0.5) is 0 Å². The summed E-state index contributed by atoms with van der Waals surface area (Å²) in [5.74, 6) is 0.605. The van der Waals surface area contributed by atoms with E-state index in [1.807, 2.05) is 19.2 Å². The average molecular weight is 409 g/mol. The highest BCUT2D eigenvalue weighted by molar-refractivity contribution is 6.05. The second kappa shape index (κ2) is 9.93. The summed E-state index contributed by atoms with van der Waals surface area (Å²) in [4.78, 5) is 29.9. The molecule has 0 aromatic heterocycles. The predicted octanol–water partition coefficient (Wildman–Crippen LogP) is 2.25. The molecule has 0 saturated carbocycles. The van der Waals surface area contributed by atoms with Crippen molar-refractivity contribution in [1.29, 1.82) is 0 Å². The minimum Gasteiger partial charge on any atom is -0.493 e. The van der Waals surface area contributed by atoms with Crippen LogP contribution in [0, 0.1) is 0 Å². The van der Waals surface area contributed by atoms with Crippen molar-refractivity contribution in [2.75, 3.05) is 47.4 Å². The molecule has 7 nitrogen and oxygen atoms in total. The van der Waals surface area contributed by atoms with Crippen molar-refractivity contribution in [2.45, 2.75) is 0 Å². The van der Waals surface area contributed by atoms with Crippen LogP contribution in [0.3, 0.4) is 0 Å². The fourth-order valence-corrected chi connectivity index (χ4v) is 3.22. The molecule has 7 heteroatoms. The van der Waals surface area contributed by atoms with E-state index in [1.54, 1.807) is 61.6 Å². The van der Waals surface area contributed by atoms with Crippen LogP contribution in [0.25, 0.3) is 6.08 Å². The monoisotopic (exact) mass is 409 g/mol. The average Bonchev–Trinajstić information content (AvgIpc) is 2.79. The summed E-state index contributed by atoms with van der Waals surface area (Å²) in [6.45, 7) is 2.81. The number of ether oxygens (including phenoxy) is 2. The molecular weight excluding hydrogens is 382 g/mol. The third-order valence-electron chi connectivity index (χ3n) is 5.02. The van der Waals surface area contributed by atoms with Crippen molar-refractivity contribution in [1.82, 2.24) is 15.1 Å². The van der Waals surface area contributed by atoms with Crippen molar-refractivity contribution in [3.05, 3.63) is 65.4 Å². The maximum absolute atomic E-state index is 13.2. The van der Waals surface area contributed by atoms with Crippen LogP contribution in [0.5, 0.6) is 11.5 Å². The van der Waals surface area contributed by atoms with Crippen LogP contribution >= 0.6 is 0 Å². The topological polar surface area (TPSA) is 71.1 Å². The molecule has 1 fully saturated rings. The van der Waals surface area contributed by atoms with Crippen LogP contribution in [0.2, 0.25) is 0 Å². The predicted molar refractivity (Wildman–Crippen MR) is 116 cm³/mol. The van der Waals surface area contributed by atoms with Gasteiger partial charge in [0.25, 0.3) is 11.8 Å². The fourth-order valence-electron chi connectivity index (χ4n) is 3.22. The molecule has 2 aromatic rings. The quantitative estimate of drug-likeness (QED) is 0.741. The van der Waals surface area contributed by atoms with Gasteiger partial charge in [-0.2, -0.15) is 0 Å². The number of methoxy groups -OCH3 is 2. The fraction of sp³-hybridized carbons (Fsp3) is 0.304. The summed E-state index contributed by atoms with van der Waals surface area (Å²) in [5.41, 5.74) is 1.43. The van der Waals surface area contributed by atoms with Gasteiger partial charge < -0.3 is 24.6 Å². The Kier molecular flexibility index (Phi) is 7.08. The van der Waals surface area contributed by atoms with Gasteiger partial charge in [0.1, 0.15) is 5.70 Å². The first-order valence-corrected chi connectivity index (χ1v) is 9.79. The Morgan fingerprint density at radius 2 is 1.60 bits per heavy atom. The van der Waals surface area contributed by atoms with E-state index in [4.69, 9.17) is 9.47 Å². The van der Waals surface area contributed by atoms with E-state index >= 15 is 0 Å². The highest BCUT2D eigenvalue weighted by Crippen LogP contribution is 2.28. The summed E-state index contributed by atoms with van der Waals surface area (Å²) in [6.07, 6.45) is 1.67. The minimum atomic E-state index is -0.329. The van der Waals surface area contributed by atoms with Crippen molar-refractivity contribution < 1.29 is 19.1 Å². The number of nitrogens with zero attached hydrogens (tertiary/aromatic N) is 2. The molecule has 0 radical (unpaired) electrons. The molecule has 2 amide bonds. The molecule has 3 rings (SSSR count). The molecule has 1 saturated heterocycles. The lowest BCUT2D eigenvalue weighted by Crippen LogP contribution is -2.49. The third kappa shape index (κ3) is 5.18. The lowest BCUT2D eigenvalue weighted by atomic mass is 10.1. The van der Waals surface area contributed by atoms with Crippen LogP contribution < -0.4 is 14.8 Å². The number of likely N-dealkylation sites (N-methyl/N-ethyl adjacent to an activating group) is 1. The van der Waals surface area contributed by atoms with Gasteiger partial charge in [-0.25, -0.2) is 0 Å². The Hall–Kier alpha value is -3.32. The second-order valence-corrected chi connectivity index (χ2v) is 7.09. The molecule has 158 valence electrons. The Balaban J connectivity index is 1.91. The smallest absolute Gasteiger partial charge is 0.270 e. The van der Waals surface area contributed by atoms with Crippen molar-refractivity contribution in [2.24, 2.45) is 0 Å². The van der Waals surface area contributed by atoms with Gasteiger partial charge in [0.15, 0.2) is 11.5 Å². The normalized spacial score (nSPS) is 14.9. The summed E-state index contributed by atoms with van der Waals surface area (Å²) in [7, 11) is 5.15. The molecule has 1 N–H and O–H groups in total. The maximum atomic E-state index is 13.2. The molecule has 0 aliphatic carbocycles. The molecule has 0 unspecified atom stereocenters. The van der Waals surface area contributed by atoms with Crippen molar-refractivity contribution in [3.63, 3.8) is 0 Å². The molecule has 0 bridgehead atoms. The first-order chi connectivity index (χ1) is 14.5. The summed E-state index contributed by atoms with van der Waals surface area (Å²) >= 11 is 0. The van der Waals surface area contributed by atoms with Crippen LogP contribution in [0.15, 0.2) is 54.2 Å². The number of nitrogens with one attached hydrogen (secondary N) is 1. The lowest BCUT2D eigenvalue weighted by Gasteiger charge is -2.33. The van der Waals surface area contributed by atoms with Gasteiger partial charge in [0.2, 0.25) is 0 Å². The van der Waals surface area contributed by atoms with Crippen LogP contribution in [0.1, 0.15) is 15.9 Å². The van der Waals surface area contributed by atoms with Gasteiger partial charge in [-0.05, 0) is 43.0 Å². The molecule has 0 atom stereocenters. The highest BCUT2D eigenvalue weighted by Gasteiger charge is 2.24. The van der Waals surface area contributed by atoms with Crippen LogP contribution in [-0.4, -0.2) is 69.1 Å². The third-order valence-corrected chi connectivity index (χ3v) is 5.02. The van der Waals surface area contributed by atoms with Gasteiger partial charge in [-0.15, -0.1) is 0 Å². The van der Waals surface area contributed by atoms with E-state index in [0.29, 0.717) is 30.2 Å². The number of piperazine rings is 1. The minimum absolute atomic E-state index is 0.206. The zero-order chi connectivity index (χ0) is 21.5. The number of hydrogen-bond acceptors (Lipinski definition) is 5. The van der Waals surface area contributed by atoms with E-state index in [1.165, 1.54) is 0 Å². The zero-order valence-electron chi connectivity index (χ0n) is 17.6. The summed E-state index contributed by atoms with van der Waals surface area (Å²) < 4.78 is 10.6. The maximum Gasteiger partial charge on any atom is 0.270 e. The highest BCUT2D eigenvalue weighted by atomic mass is 16.5. The van der Waals surface area contributed by atoms with Crippen LogP contribution in [-0.2, 0) is 4.79 Å². The Labute approximate surface area is 176 Å². The van der Waals surface area contributed by atoms with Crippen molar-refractivity contribution >= 4 is 17.9 Å². The van der Waals surface area contributed by atoms with E-state index in [-0.39, 0.29) is 17.5 Å².